The van der Waals surface area contributed by atoms with Crippen molar-refractivity contribution in [1.29, 1.82) is 0 Å². The maximum absolute atomic E-state index is 12.0. The molecule has 0 aromatic heterocycles. The monoisotopic (exact) mass is 311 g/mol. The van der Waals surface area contributed by atoms with Crippen LogP contribution < -0.4 is 0 Å². The third-order valence-electron chi connectivity index (χ3n) is 3.07. The summed E-state index contributed by atoms with van der Waals surface area (Å²) in [6.07, 6.45) is 1.29. The van der Waals surface area contributed by atoms with Crippen molar-refractivity contribution in [1.82, 2.24) is 14.1 Å². The van der Waals surface area contributed by atoms with Crippen molar-refractivity contribution in [2.24, 2.45) is 0 Å². The molecule has 0 aromatic rings. The second-order valence-corrected chi connectivity index (χ2v) is 7.24. The lowest BCUT2D eigenvalue weighted by Gasteiger charge is -2.35. The van der Waals surface area contributed by atoms with Crippen LogP contribution in [0.2, 0.25) is 0 Å². The van der Waals surface area contributed by atoms with E-state index in [4.69, 9.17) is 11.6 Å². The first kappa shape index (κ1) is 16.5. The van der Waals surface area contributed by atoms with Crippen molar-refractivity contribution in [3.63, 3.8) is 0 Å². The zero-order chi connectivity index (χ0) is 14.5. The standard InChI is InChI=1S/C11H22ClN3O3S/c1-13(2)11(16)14-6-8-15(9-7-14)19(17,18)10-4-3-5-12/h3-10H2,1-2H3. The molecule has 1 saturated heterocycles. The van der Waals surface area contributed by atoms with Crippen molar-refractivity contribution >= 4 is 27.7 Å². The number of alkyl halides is 1. The fraction of sp³-hybridized carbons (Fsp3) is 0.909. The van der Waals surface area contributed by atoms with Crippen LogP contribution in [0.5, 0.6) is 0 Å². The van der Waals surface area contributed by atoms with Crippen LogP contribution in [-0.2, 0) is 10.0 Å². The van der Waals surface area contributed by atoms with Gasteiger partial charge in [0.15, 0.2) is 0 Å². The number of halogens is 1. The first-order valence-corrected chi connectivity index (χ1v) is 8.53. The molecule has 0 unspecified atom stereocenters. The average Bonchev–Trinajstić information content (AvgIpc) is 2.38. The molecule has 19 heavy (non-hydrogen) atoms. The summed E-state index contributed by atoms with van der Waals surface area (Å²) in [7, 11) is 0.182. The third kappa shape index (κ3) is 4.81. The highest BCUT2D eigenvalue weighted by Gasteiger charge is 2.28. The minimum Gasteiger partial charge on any atom is -0.331 e. The summed E-state index contributed by atoms with van der Waals surface area (Å²) in [4.78, 5) is 14.9. The highest BCUT2D eigenvalue weighted by atomic mass is 35.5. The lowest BCUT2D eigenvalue weighted by molar-refractivity contribution is 0.149. The number of hydrogen-bond acceptors (Lipinski definition) is 3. The Balaban J connectivity index is 2.47. The molecule has 6 nitrogen and oxygen atoms in total. The van der Waals surface area contributed by atoms with E-state index < -0.39 is 10.0 Å². The van der Waals surface area contributed by atoms with Crippen LogP contribution in [0.25, 0.3) is 0 Å². The molecule has 1 fully saturated rings. The van der Waals surface area contributed by atoms with E-state index in [0.717, 1.165) is 0 Å². The number of sulfonamides is 1. The Morgan fingerprint density at radius 2 is 1.74 bits per heavy atom. The first-order valence-electron chi connectivity index (χ1n) is 6.38. The number of rotatable bonds is 5. The zero-order valence-electron chi connectivity index (χ0n) is 11.5. The average molecular weight is 312 g/mol. The van der Waals surface area contributed by atoms with Gasteiger partial charge in [-0.15, -0.1) is 11.6 Å². The fourth-order valence-corrected chi connectivity index (χ4v) is 3.68. The quantitative estimate of drug-likeness (QED) is 0.553. The van der Waals surface area contributed by atoms with Gasteiger partial charge in [-0.1, -0.05) is 0 Å². The lowest BCUT2D eigenvalue weighted by atomic mass is 10.4. The molecule has 1 heterocycles. The second-order valence-electron chi connectivity index (χ2n) is 4.78. The van der Waals surface area contributed by atoms with Crippen LogP contribution >= 0.6 is 11.6 Å². The van der Waals surface area contributed by atoms with E-state index in [-0.39, 0.29) is 11.8 Å². The van der Waals surface area contributed by atoms with E-state index >= 15 is 0 Å². The van der Waals surface area contributed by atoms with E-state index in [1.54, 1.807) is 19.0 Å². The number of unbranched alkanes of at least 4 members (excludes halogenated alkanes) is 1. The highest BCUT2D eigenvalue weighted by Crippen LogP contribution is 2.11. The van der Waals surface area contributed by atoms with Crippen molar-refractivity contribution in [3.8, 4) is 0 Å². The topological polar surface area (TPSA) is 60.9 Å². The Bertz CT molecular complexity index is 392. The van der Waals surface area contributed by atoms with Gasteiger partial charge in [-0.25, -0.2) is 13.2 Å². The Kier molecular flexibility index (Phi) is 6.35. The normalized spacial score (nSPS) is 17.5. The minimum atomic E-state index is -3.20. The molecule has 0 radical (unpaired) electrons. The van der Waals surface area contributed by atoms with E-state index in [0.29, 0.717) is 44.9 Å². The van der Waals surface area contributed by atoms with E-state index in [9.17, 15) is 13.2 Å². The molecule has 0 N–H and O–H groups in total. The molecule has 1 aliphatic heterocycles. The molecule has 112 valence electrons. The predicted molar refractivity (Wildman–Crippen MR) is 76.0 cm³/mol. The Morgan fingerprint density at radius 1 is 1.16 bits per heavy atom. The van der Waals surface area contributed by atoms with E-state index in [1.807, 2.05) is 0 Å². The second kappa shape index (κ2) is 7.31. The Labute approximate surface area is 120 Å². The molecule has 1 aliphatic rings. The molecule has 1 rings (SSSR count). The number of amides is 2. The molecular weight excluding hydrogens is 290 g/mol. The number of carbonyl (C=O) groups is 1. The van der Waals surface area contributed by atoms with Gasteiger partial charge in [0.2, 0.25) is 10.0 Å². The molecule has 8 heteroatoms. The van der Waals surface area contributed by atoms with E-state index in [2.05, 4.69) is 0 Å². The first-order chi connectivity index (χ1) is 8.88. The summed E-state index contributed by atoms with van der Waals surface area (Å²) < 4.78 is 25.6. The summed E-state index contributed by atoms with van der Waals surface area (Å²) in [5.74, 6) is 0.627. The van der Waals surface area contributed by atoms with Gasteiger partial charge in [-0.05, 0) is 12.8 Å². The maximum Gasteiger partial charge on any atom is 0.319 e. The summed E-state index contributed by atoms with van der Waals surface area (Å²) in [6, 6.07) is -0.0702. The van der Waals surface area contributed by atoms with Gasteiger partial charge < -0.3 is 9.80 Å². The predicted octanol–water partition coefficient (Wildman–Crippen LogP) is 0.634. The molecular formula is C11H22ClN3O3S. The van der Waals surface area contributed by atoms with Crippen molar-refractivity contribution in [2.75, 3.05) is 51.9 Å². The van der Waals surface area contributed by atoms with Gasteiger partial charge in [-0.3, -0.25) is 0 Å². The third-order valence-corrected chi connectivity index (χ3v) is 5.29. The van der Waals surface area contributed by atoms with Crippen molar-refractivity contribution in [2.45, 2.75) is 12.8 Å². The van der Waals surface area contributed by atoms with Crippen LogP contribution in [0.1, 0.15) is 12.8 Å². The SMILES string of the molecule is CN(C)C(=O)N1CCN(S(=O)(=O)CCCCCl)CC1. The van der Waals surface area contributed by atoms with Crippen LogP contribution in [0.4, 0.5) is 4.79 Å². The summed E-state index contributed by atoms with van der Waals surface area (Å²) >= 11 is 5.54. The van der Waals surface area contributed by atoms with Gasteiger partial charge in [0.25, 0.3) is 0 Å². The number of hydrogen-bond donors (Lipinski definition) is 0. The van der Waals surface area contributed by atoms with Gasteiger partial charge >= 0.3 is 6.03 Å². The van der Waals surface area contributed by atoms with Crippen molar-refractivity contribution < 1.29 is 13.2 Å². The van der Waals surface area contributed by atoms with E-state index in [1.165, 1.54) is 9.21 Å². The molecule has 0 saturated carbocycles. The molecule has 0 atom stereocenters. The number of nitrogens with zero attached hydrogens (tertiary/aromatic N) is 3. The molecule has 2 amide bonds. The van der Waals surface area contributed by atoms with Crippen LogP contribution in [0.15, 0.2) is 0 Å². The molecule has 0 aromatic carbocycles. The Morgan fingerprint density at radius 3 is 2.21 bits per heavy atom. The Hall–Kier alpha value is -0.530. The molecule has 0 spiro atoms. The molecule has 0 bridgehead atoms. The molecule has 0 aliphatic carbocycles. The number of piperazine rings is 1. The van der Waals surface area contributed by atoms with Gasteiger partial charge in [0.1, 0.15) is 0 Å². The summed E-state index contributed by atoms with van der Waals surface area (Å²) in [5, 5.41) is 0. The van der Waals surface area contributed by atoms with Crippen molar-refractivity contribution in [3.05, 3.63) is 0 Å². The smallest absolute Gasteiger partial charge is 0.319 e. The number of urea groups is 1. The minimum absolute atomic E-state index is 0.0702. The summed E-state index contributed by atoms with van der Waals surface area (Å²) in [6.45, 7) is 1.66. The largest absolute Gasteiger partial charge is 0.331 e. The van der Waals surface area contributed by atoms with Gasteiger partial charge in [0.05, 0.1) is 5.75 Å². The van der Waals surface area contributed by atoms with Crippen LogP contribution in [-0.4, -0.2) is 80.5 Å². The number of carbonyl (C=O) groups excluding carboxylic acids is 1. The van der Waals surface area contributed by atoms with Crippen LogP contribution in [0, 0.1) is 0 Å². The fourth-order valence-electron chi connectivity index (χ4n) is 1.95. The van der Waals surface area contributed by atoms with Gasteiger partial charge in [-0.2, -0.15) is 4.31 Å². The lowest BCUT2D eigenvalue weighted by Crippen LogP contribution is -2.53. The zero-order valence-corrected chi connectivity index (χ0v) is 13.1. The van der Waals surface area contributed by atoms with Gasteiger partial charge in [0, 0.05) is 46.2 Å². The maximum atomic E-state index is 12.0. The summed E-state index contributed by atoms with van der Waals surface area (Å²) in [5.41, 5.74) is 0. The van der Waals surface area contributed by atoms with Crippen LogP contribution in [0.3, 0.4) is 0 Å². The highest BCUT2D eigenvalue weighted by molar-refractivity contribution is 7.89.